The van der Waals surface area contributed by atoms with Crippen LogP contribution in [0.2, 0.25) is 0 Å². The number of nitrogens with one attached hydrogen (secondary N) is 1. The van der Waals surface area contributed by atoms with Crippen LogP contribution in [0.4, 0.5) is 0 Å². The van der Waals surface area contributed by atoms with Crippen LogP contribution < -0.4 is 5.56 Å². The molecule has 0 amide bonds. The van der Waals surface area contributed by atoms with Crippen molar-refractivity contribution in [2.45, 2.75) is 33.6 Å². The highest BCUT2D eigenvalue weighted by molar-refractivity contribution is 5.48. The summed E-state index contributed by atoms with van der Waals surface area (Å²) < 4.78 is 0. The fourth-order valence-electron chi connectivity index (χ4n) is 2.75. The van der Waals surface area contributed by atoms with Crippen LogP contribution in [0.5, 0.6) is 5.88 Å². The van der Waals surface area contributed by atoms with Crippen molar-refractivity contribution in [1.29, 1.82) is 5.26 Å². The van der Waals surface area contributed by atoms with Crippen molar-refractivity contribution in [3.05, 3.63) is 61.9 Å². The number of aromatic nitrogens is 1. The molecule has 0 unspecified atom stereocenters. The van der Waals surface area contributed by atoms with Crippen LogP contribution in [-0.2, 0) is 12.8 Å². The Bertz CT molecular complexity index is 762. The molecular weight excluding hydrogens is 264 g/mol. The number of H-pyrrole nitrogens is 1. The Balaban J connectivity index is 2.62. The van der Waals surface area contributed by atoms with Gasteiger partial charge in [-0.05, 0) is 37.8 Å². The summed E-state index contributed by atoms with van der Waals surface area (Å²) >= 11 is 0. The highest BCUT2D eigenvalue weighted by Crippen LogP contribution is 2.23. The number of pyridine rings is 1. The Morgan fingerprint density at radius 2 is 1.81 bits per heavy atom. The van der Waals surface area contributed by atoms with E-state index in [0.29, 0.717) is 24.0 Å². The van der Waals surface area contributed by atoms with Crippen LogP contribution in [0, 0.1) is 25.2 Å². The quantitative estimate of drug-likeness (QED) is 0.908. The first-order valence-corrected chi connectivity index (χ1v) is 6.90. The fourth-order valence-corrected chi connectivity index (χ4v) is 2.75. The molecule has 0 aliphatic heterocycles. The Hall–Kier alpha value is -2.54. The molecule has 0 atom stereocenters. The van der Waals surface area contributed by atoms with Crippen molar-refractivity contribution in [3.63, 3.8) is 0 Å². The molecule has 0 saturated carbocycles. The summed E-state index contributed by atoms with van der Waals surface area (Å²) in [6, 6.07) is 8.10. The third-order valence-corrected chi connectivity index (χ3v) is 3.54. The molecule has 2 rings (SSSR count). The highest BCUT2D eigenvalue weighted by Gasteiger charge is 2.16. The third kappa shape index (κ3) is 2.97. The van der Waals surface area contributed by atoms with E-state index in [9.17, 15) is 15.2 Å². The summed E-state index contributed by atoms with van der Waals surface area (Å²) in [6.07, 6.45) is 1.02. The normalized spacial score (nSPS) is 10.4. The molecule has 1 aromatic heterocycles. The molecule has 108 valence electrons. The molecule has 1 heterocycles. The second kappa shape index (κ2) is 5.84. The Morgan fingerprint density at radius 1 is 1.19 bits per heavy atom. The molecule has 1 aromatic carbocycles. The first kappa shape index (κ1) is 14.9. The number of nitrogens with zero attached hydrogens (tertiary/aromatic N) is 1. The second-order valence-electron chi connectivity index (χ2n) is 5.27. The van der Waals surface area contributed by atoms with Gasteiger partial charge < -0.3 is 5.11 Å². The van der Waals surface area contributed by atoms with E-state index in [1.165, 1.54) is 0 Å². The number of aromatic amines is 1. The number of rotatable bonds is 3. The molecular formula is C17H18N2O2. The molecule has 2 N–H and O–H groups in total. The van der Waals surface area contributed by atoms with E-state index in [4.69, 9.17) is 0 Å². The summed E-state index contributed by atoms with van der Waals surface area (Å²) in [5, 5.41) is 19.2. The van der Waals surface area contributed by atoms with Crippen LogP contribution in [0.15, 0.2) is 23.0 Å². The number of hydrogen-bond acceptors (Lipinski definition) is 3. The van der Waals surface area contributed by atoms with E-state index < -0.39 is 5.56 Å². The van der Waals surface area contributed by atoms with Gasteiger partial charge in [0.2, 0.25) is 0 Å². The van der Waals surface area contributed by atoms with Crippen molar-refractivity contribution in [3.8, 4) is 11.9 Å². The van der Waals surface area contributed by atoms with E-state index in [2.05, 4.69) is 11.1 Å². The van der Waals surface area contributed by atoms with Gasteiger partial charge in [-0.25, -0.2) is 0 Å². The molecule has 4 nitrogen and oxygen atoms in total. The van der Waals surface area contributed by atoms with Gasteiger partial charge in [-0.1, -0.05) is 36.2 Å². The Kier molecular flexibility index (Phi) is 4.13. The molecule has 0 aliphatic rings. The topological polar surface area (TPSA) is 76.9 Å². The van der Waals surface area contributed by atoms with Gasteiger partial charge in [-0.15, -0.1) is 0 Å². The largest absolute Gasteiger partial charge is 0.494 e. The number of nitriles is 1. The lowest BCUT2D eigenvalue weighted by Gasteiger charge is -2.12. The van der Waals surface area contributed by atoms with Gasteiger partial charge in [-0.2, -0.15) is 5.26 Å². The number of aryl methyl sites for hydroxylation is 2. The minimum Gasteiger partial charge on any atom is -0.494 e. The van der Waals surface area contributed by atoms with Crippen LogP contribution in [0.3, 0.4) is 0 Å². The number of aromatic hydroxyl groups is 1. The van der Waals surface area contributed by atoms with E-state index in [1.807, 2.05) is 39.0 Å². The summed E-state index contributed by atoms with van der Waals surface area (Å²) in [7, 11) is 0. The summed E-state index contributed by atoms with van der Waals surface area (Å²) in [5.41, 5.74) is 4.10. The zero-order chi connectivity index (χ0) is 15.6. The minimum absolute atomic E-state index is 0.0869. The maximum atomic E-state index is 11.8. The maximum Gasteiger partial charge on any atom is 0.268 e. The lowest BCUT2D eigenvalue weighted by atomic mass is 9.94. The molecule has 0 bridgehead atoms. The van der Waals surface area contributed by atoms with Gasteiger partial charge >= 0.3 is 0 Å². The average Bonchev–Trinajstić information content (AvgIpc) is 2.37. The van der Waals surface area contributed by atoms with Crippen LogP contribution in [0.1, 0.15) is 40.3 Å². The zero-order valence-electron chi connectivity index (χ0n) is 12.4. The molecule has 0 radical (unpaired) electrons. The first-order chi connectivity index (χ1) is 9.96. The smallest absolute Gasteiger partial charge is 0.268 e. The summed E-state index contributed by atoms with van der Waals surface area (Å²) in [6.45, 7) is 5.91. The predicted molar refractivity (Wildman–Crippen MR) is 81.5 cm³/mol. The average molecular weight is 282 g/mol. The summed E-state index contributed by atoms with van der Waals surface area (Å²) in [5.74, 6) is -0.138. The van der Waals surface area contributed by atoms with Crippen molar-refractivity contribution < 1.29 is 5.11 Å². The van der Waals surface area contributed by atoms with E-state index in [1.54, 1.807) is 0 Å². The fraction of sp³-hybridized carbons (Fsp3) is 0.294. The van der Waals surface area contributed by atoms with E-state index in [0.717, 1.165) is 16.7 Å². The molecule has 0 fully saturated rings. The van der Waals surface area contributed by atoms with Gasteiger partial charge in [0.05, 0.1) is 0 Å². The van der Waals surface area contributed by atoms with Crippen molar-refractivity contribution in [2.75, 3.05) is 0 Å². The lowest BCUT2D eigenvalue weighted by Crippen LogP contribution is -2.16. The zero-order valence-corrected chi connectivity index (χ0v) is 12.4. The van der Waals surface area contributed by atoms with Gasteiger partial charge in [0.15, 0.2) is 5.88 Å². The maximum absolute atomic E-state index is 11.8. The lowest BCUT2D eigenvalue weighted by molar-refractivity contribution is 0.443. The minimum atomic E-state index is -0.536. The Morgan fingerprint density at radius 3 is 2.33 bits per heavy atom. The van der Waals surface area contributed by atoms with E-state index in [-0.39, 0.29) is 11.4 Å². The van der Waals surface area contributed by atoms with Crippen molar-refractivity contribution in [1.82, 2.24) is 4.98 Å². The van der Waals surface area contributed by atoms with Gasteiger partial charge in [-0.3, -0.25) is 9.78 Å². The van der Waals surface area contributed by atoms with Gasteiger partial charge in [0.25, 0.3) is 5.56 Å². The monoisotopic (exact) mass is 282 g/mol. The van der Waals surface area contributed by atoms with Crippen LogP contribution in [0.25, 0.3) is 0 Å². The van der Waals surface area contributed by atoms with Crippen LogP contribution in [-0.4, -0.2) is 10.1 Å². The number of benzene rings is 1. The molecule has 4 heteroatoms. The first-order valence-electron chi connectivity index (χ1n) is 6.90. The van der Waals surface area contributed by atoms with Gasteiger partial charge in [0.1, 0.15) is 11.6 Å². The molecule has 0 spiro atoms. The van der Waals surface area contributed by atoms with Crippen molar-refractivity contribution >= 4 is 0 Å². The predicted octanol–water partition coefficient (Wildman–Crippen LogP) is 2.72. The highest BCUT2D eigenvalue weighted by atomic mass is 16.3. The standard InChI is InChI=1S/C17H18N2O2/c1-4-13-14(15(9-18)17(21)19-16(13)20)8-12-6-10(2)5-11(3)7-12/h5-7H,4,8H2,1-3H3,(H2,19,20,21). The Labute approximate surface area is 123 Å². The van der Waals surface area contributed by atoms with Gasteiger partial charge in [0, 0.05) is 5.56 Å². The molecule has 2 aromatic rings. The third-order valence-electron chi connectivity index (χ3n) is 3.54. The SMILES string of the molecule is CCc1c(O)[nH]c(=O)c(C#N)c1Cc1cc(C)cc(C)c1. The van der Waals surface area contributed by atoms with Crippen molar-refractivity contribution in [2.24, 2.45) is 0 Å². The molecule has 21 heavy (non-hydrogen) atoms. The molecule has 0 aliphatic carbocycles. The summed E-state index contributed by atoms with van der Waals surface area (Å²) in [4.78, 5) is 14.2. The second-order valence-corrected chi connectivity index (χ2v) is 5.27. The van der Waals surface area contributed by atoms with E-state index >= 15 is 0 Å². The van der Waals surface area contributed by atoms with Crippen LogP contribution >= 0.6 is 0 Å². The number of hydrogen-bond donors (Lipinski definition) is 2. The molecule has 0 saturated heterocycles.